The highest BCUT2D eigenvalue weighted by Crippen LogP contribution is 2.13. The van der Waals surface area contributed by atoms with Crippen molar-refractivity contribution >= 4 is 0 Å². The normalized spacial score (nSPS) is 13.9. The highest BCUT2D eigenvalue weighted by Gasteiger charge is 2.07. The molecule has 0 bridgehead atoms. The summed E-state index contributed by atoms with van der Waals surface area (Å²) in [6, 6.07) is 0. The van der Waals surface area contributed by atoms with Crippen LogP contribution in [0.25, 0.3) is 0 Å². The molecule has 0 aliphatic rings. The van der Waals surface area contributed by atoms with E-state index in [-0.39, 0.29) is 6.10 Å². The van der Waals surface area contributed by atoms with Crippen molar-refractivity contribution in [1.29, 1.82) is 0 Å². The molecule has 0 rings (SSSR count). The molecule has 2 unspecified atom stereocenters. The van der Waals surface area contributed by atoms with E-state index in [1.165, 1.54) is 89.9 Å². The van der Waals surface area contributed by atoms with Crippen LogP contribution in [-0.2, 0) is 0 Å². The number of hydrogen-bond acceptors (Lipinski definition) is 2. The minimum Gasteiger partial charge on any atom is -0.392 e. The number of nitrogens with one attached hydrogen (secondary N) is 1. The Morgan fingerprint density at radius 2 is 1.12 bits per heavy atom. The minimum atomic E-state index is -0.165. The van der Waals surface area contributed by atoms with Crippen LogP contribution in [0.15, 0.2) is 0 Å². The first kappa shape index (κ1) is 24.9. The summed E-state index contributed by atoms with van der Waals surface area (Å²) in [4.78, 5) is 0. The van der Waals surface area contributed by atoms with Crippen LogP contribution < -0.4 is 5.32 Å². The third kappa shape index (κ3) is 20.1. The molecule has 0 heterocycles. The Bertz CT molecular complexity index is 244. The molecule has 2 heteroatoms. The van der Waals surface area contributed by atoms with E-state index >= 15 is 0 Å². The Morgan fingerprint density at radius 3 is 1.56 bits per heavy atom. The molecule has 0 aromatic carbocycles. The quantitative estimate of drug-likeness (QED) is 0.234. The van der Waals surface area contributed by atoms with Gasteiger partial charge in [-0.1, -0.05) is 111 Å². The lowest BCUT2D eigenvalue weighted by Crippen LogP contribution is -2.28. The molecular formula is C23H49NO. The molecule has 0 radical (unpaired) electrons. The highest BCUT2D eigenvalue weighted by atomic mass is 16.3. The number of aliphatic hydroxyl groups is 1. The molecule has 2 atom stereocenters. The second kappa shape index (κ2) is 20.2. The fourth-order valence-electron chi connectivity index (χ4n) is 3.43. The number of hydrogen-bond donors (Lipinski definition) is 2. The summed E-state index contributed by atoms with van der Waals surface area (Å²) in [6.45, 7) is 8.53. The molecule has 0 aliphatic carbocycles. The van der Waals surface area contributed by atoms with E-state index in [0.717, 1.165) is 25.9 Å². The zero-order chi connectivity index (χ0) is 18.6. The first-order chi connectivity index (χ1) is 12.2. The van der Waals surface area contributed by atoms with Crippen LogP contribution in [0.3, 0.4) is 0 Å². The van der Waals surface area contributed by atoms with Gasteiger partial charge in [-0.15, -0.1) is 0 Å². The van der Waals surface area contributed by atoms with Crippen LogP contribution in [0.4, 0.5) is 0 Å². The van der Waals surface area contributed by atoms with Crippen LogP contribution in [0.5, 0.6) is 0 Å². The molecule has 2 nitrogen and oxygen atoms in total. The summed E-state index contributed by atoms with van der Waals surface area (Å²) >= 11 is 0. The summed E-state index contributed by atoms with van der Waals surface area (Å²) in [6.07, 6.45) is 21.7. The Hall–Kier alpha value is -0.0800. The van der Waals surface area contributed by atoms with E-state index in [2.05, 4.69) is 26.1 Å². The molecule has 0 saturated heterocycles. The van der Waals surface area contributed by atoms with Gasteiger partial charge in [0.25, 0.3) is 0 Å². The maximum absolute atomic E-state index is 9.90. The van der Waals surface area contributed by atoms with Crippen molar-refractivity contribution in [3.05, 3.63) is 0 Å². The van der Waals surface area contributed by atoms with E-state index in [0.29, 0.717) is 5.92 Å². The lowest BCUT2D eigenvalue weighted by Gasteiger charge is -2.15. The summed E-state index contributed by atoms with van der Waals surface area (Å²) in [7, 11) is 0. The molecule has 152 valence electrons. The molecule has 0 amide bonds. The molecule has 0 aromatic rings. The molecule has 0 fully saturated rings. The van der Waals surface area contributed by atoms with Gasteiger partial charge in [-0.2, -0.15) is 0 Å². The van der Waals surface area contributed by atoms with Gasteiger partial charge in [0.1, 0.15) is 0 Å². The van der Waals surface area contributed by atoms with Crippen LogP contribution in [0.2, 0.25) is 0 Å². The van der Waals surface area contributed by atoms with Gasteiger partial charge in [-0.25, -0.2) is 0 Å². The van der Waals surface area contributed by atoms with Crippen LogP contribution in [0.1, 0.15) is 124 Å². The Morgan fingerprint density at radius 1 is 0.680 bits per heavy atom. The van der Waals surface area contributed by atoms with Crippen LogP contribution >= 0.6 is 0 Å². The molecule has 0 aromatic heterocycles. The van der Waals surface area contributed by atoms with E-state index in [9.17, 15) is 5.11 Å². The maximum atomic E-state index is 9.90. The van der Waals surface area contributed by atoms with Crippen LogP contribution in [-0.4, -0.2) is 24.3 Å². The average Bonchev–Trinajstić information content (AvgIpc) is 2.61. The summed E-state index contributed by atoms with van der Waals surface area (Å²) < 4.78 is 0. The molecule has 0 saturated carbocycles. The topological polar surface area (TPSA) is 32.3 Å². The maximum Gasteiger partial charge on any atom is 0.0667 e. The van der Waals surface area contributed by atoms with E-state index in [1.54, 1.807) is 0 Å². The summed E-state index contributed by atoms with van der Waals surface area (Å²) in [5.41, 5.74) is 0. The van der Waals surface area contributed by atoms with Gasteiger partial charge in [0.2, 0.25) is 0 Å². The van der Waals surface area contributed by atoms with E-state index < -0.39 is 0 Å². The second-order valence-electron chi connectivity index (χ2n) is 8.20. The summed E-state index contributed by atoms with van der Waals surface area (Å²) in [5, 5.41) is 13.3. The van der Waals surface area contributed by atoms with E-state index in [1.807, 2.05) is 0 Å². The Balaban J connectivity index is 3.09. The van der Waals surface area contributed by atoms with Crippen molar-refractivity contribution in [2.75, 3.05) is 13.1 Å². The number of unbranched alkanes of at least 4 members (excludes halogenated alkanes) is 13. The SMILES string of the molecule is CCCCCCCCCCCCCCCCNCC(O)CC(C)CC. The Kier molecular flexibility index (Phi) is 20.2. The zero-order valence-corrected chi connectivity index (χ0v) is 17.8. The van der Waals surface area contributed by atoms with Gasteiger partial charge in [-0.05, 0) is 25.3 Å². The van der Waals surface area contributed by atoms with Gasteiger partial charge < -0.3 is 10.4 Å². The third-order valence-electron chi connectivity index (χ3n) is 5.46. The average molecular weight is 356 g/mol. The van der Waals surface area contributed by atoms with Crippen molar-refractivity contribution in [1.82, 2.24) is 5.32 Å². The van der Waals surface area contributed by atoms with Crippen molar-refractivity contribution in [3.63, 3.8) is 0 Å². The number of rotatable bonds is 20. The van der Waals surface area contributed by atoms with Crippen LogP contribution in [0, 0.1) is 5.92 Å². The van der Waals surface area contributed by atoms with Crippen molar-refractivity contribution < 1.29 is 5.11 Å². The molecule has 25 heavy (non-hydrogen) atoms. The fourth-order valence-corrected chi connectivity index (χ4v) is 3.43. The first-order valence-corrected chi connectivity index (χ1v) is 11.6. The number of aliphatic hydroxyl groups excluding tert-OH is 1. The standard InChI is InChI=1S/C23H49NO/c1-4-6-7-8-9-10-11-12-13-14-15-16-17-18-19-24-21-23(25)20-22(3)5-2/h22-25H,4-21H2,1-3H3. The second-order valence-corrected chi connectivity index (χ2v) is 8.20. The van der Waals surface area contributed by atoms with Gasteiger partial charge in [0.15, 0.2) is 0 Å². The zero-order valence-electron chi connectivity index (χ0n) is 17.8. The highest BCUT2D eigenvalue weighted by molar-refractivity contribution is 4.63. The predicted molar refractivity (Wildman–Crippen MR) is 113 cm³/mol. The van der Waals surface area contributed by atoms with Gasteiger partial charge in [0.05, 0.1) is 6.10 Å². The molecular weight excluding hydrogens is 306 g/mol. The predicted octanol–water partition coefficient (Wildman–Crippen LogP) is 6.85. The van der Waals surface area contributed by atoms with Crippen molar-refractivity contribution in [2.45, 2.75) is 130 Å². The molecule has 2 N–H and O–H groups in total. The van der Waals surface area contributed by atoms with Crippen molar-refractivity contribution in [2.24, 2.45) is 5.92 Å². The summed E-state index contributed by atoms with van der Waals surface area (Å²) in [5.74, 6) is 0.637. The van der Waals surface area contributed by atoms with E-state index in [4.69, 9.17) is 0 Å². The third-order valence-corrected chi connectivity index (χ3v) is 5.46. The smallest absolute Gasteiger partial charge is 0.0667 e. The van der Waals surface area contributed by atoms with Gasteiger partial charge >= 0.3 is 0 Å². The fraction of sp³-hybridized carbons (Fsp3) is 1.00. The van der Waals surface area contributed by atoms with Gasteiger partial charge in [-0.3, -0.25) is 0 Å². The van der Waals surface area contributed by atoms with Crippen molar-refractivity contribution in [3.8, 4) is 0 Å². The first-order valence-electron chi connectivity index (χ1n) is 11.6. The molecule has 0 spiro atoms. The molecule has 0 aliphatic heterocycles. The minimum absolute atomic E-state index is 0.165. The van der Waals surface area contributed by atoms with Gasteiger partial charge in [0, 0.05) is 6.54 Å². The Labute approximate surface area is 159 Å². The lowest BCUT2D eigenvalue weighted by atomic mass is 10.0. The lowest BCUT2D eigenvalue weighted by molar-refractivity contribution is 0.142. The largest absolute Gasteiger partial charge is 0.392 e. The monoisotopic (exact) mass is 355 g/mol.